The largest absolute Gasteiger partial charge is 1.00 e. The van der Waals surface area contributed by atoms with Crippen LogP contribution in [0.1, 0.15) is 35.6 Å². The lowest BCUT2D eigenvalue weighted by Crippen LogP contribution is -3.00. The van der Waals surface area contributed by atoms with Gasteiger partial charge in [0, 0.05) is 14.0 Å². The number of esters is 1. The first kappa shape index (κ1) is 50.8. The van der Waals surface area contributed by atoms with Crippen molar-refractivity contribution in [3.05, 3.63) is 0 Å². The first-order valence-electron chi connectivity index (χ1n) is 7.79. The number of aliphatic hydroxyl groups excluding tert-OH is 1. The molecule has 0 fully saturated rings. The van der Waals surface area contributed by atoms with Gasteiger partial charge in [-0.05, 0) is 13.8 Å². The zero-order chi connectivity index (χ0) is 21.3. The van der Waals surface area contributed by atoms with Gasteiger partial charge in [-0.3, -0.25) is 4.79 Å². The van der Waals surface area contributed by atoms with Gasteiger partial charge in [-0.15, -0.1) is 0 Å². The Morgan fingerprint density at radius 2 is 1.07 bits per heavy atom. The Balaban J connectivity index is -0.0000000361. The summed E-state index contributed by atoms with van der Waals surface area (Å²) >= 11 is 0. The molecule has 0 aromatic heterocycles. The highest BCUT2D eigenvalue weighted by Gasteiger charge is 2.17. The number of hydrogen-bond acceptors (Lipinski definition) is 5. The number of rotatable bonds is 6. The monoisotopic (exact) mass is 455 g/mol. The van der Waals surface area contributed by atoms with Crippen LogP contribution in [0.15, 0.2) is 0 Å². The number of carbonyl (C=O) groups is 3. The van der Waals surface area contributed by atoms with Crippen molar-refractivity contribution in [2.24, 2.45) is 0 Å². The third-order valence-corrected chi connectivity index (χ3v) is 3.06. The van der Waals surface area contributed by atoms with Crippen molar-refractivity contribution in [2.45, 2.75) is 35.6 Å². The van der Waals surface area contributed by atoms with Crippen LogP contribution < -0.4 is 12.4 Å². The molecule has 0 bridgehead atoms. The smallest absolute Gasteiger partial charge is 0.361 e. The first-order valence-corrected chi connectivity index (χ1v) is 7.79. The zero-order valence-corrected chi connectivity index (χ0v) is 18.8. The fraction of sp³-hybridized carbons (Fsp3) is 0.833. The minimum atomic E-state index is -0.833. The van der Waals surface area contributed by atoms with Crippen LogP contribution in [-0.4, -0.2) is 116 Å². The number of carboxylic acid groups (broad SMARTS) is 2. The van der Waals surface area contributed by atoms with Gasteiger partial charge in [0.25, 0.3) is 5.97 Å². The van der Waals surface area contributed by atoms with Crippen molar-refractivity contribution < 1.29 is 61.3 Å². The summed E-state index contributed by atoms with van der Waals surface area (Å²) in [5.41, 5.74) is 0. The molecule has 0 aliphatic carbocycles. The normalized spacial score (nSPS) is 8.48. The molecule has 5 N–H and O–H groups in total. The van der Waals surface area contributed by atoms with Crippen LogP contribution in [0.3, 0.4) is 0 Å². The lowest BCUT2D eigenvalue weighted by molar-refractivity contribution is -0.881. The zero-order valence-electron chi connectivity index (χ0n) is 18.1. The van der Waals surface area contributed by atoms with E-state index in [0.717, 1.165) is 27.1 Å². The van der Waals surface area contributed by atoms with E-state index < -0.39 is 11.9 Å². The molecule has 0 rings (SSSR count). The molecule has 10 nitrogen and oxygen atoms in total. The summed E-state index contributed by atoms with van der Waals surface area (Å²) < 4.78 is 5.77. The summed E-state index contributed by atoms with van der Waals surface area (Å²) in [6.45, 7) is 7.55. The quantitative estimate of drug-likeness (QED) is 0.297. The number of carbonyl (C=O) groups excluding carboxylic acids is 1. The second kappa shape index (κ2) is 28.7. The Bertz CT molecular complexity index is 375. The van der Waals surface area contributed by atoms with Crippen LogP contribution in [-0.2, 0) is 19.1 Å². The predicted octanol–water partition coefficient (Wildman–Crippen LogP) is -2.43. The van der Waals surface area contributed by atoms with Crippen LogP contribution in [0.5, 0.6) is 0 Å². The number of methoxy groups -OCH3 is 1. The fourth-order valence-electron chi connectivity index (χ4n) is 1.00. The number of quaternary nitrogens is 2. The molecule has 0 spiro atoms. The maximum absolute atomic E-state index is 10.7. The maximum Gasteiger partial charge on any atom is 0.361 e. The summed E-state index contributed by atoms with van der Waals surface area (Å²) in [4.78, 5) is 29.9. The number of hydrogen-bond donors (Lipinski definition) is 3. The predicted molar refractivity (Wildman–Crippen MR) is 113 cm³/mol. The number of nitrogens with zero attached hydrogens (tertiary/aromatic N) is 2. The average molecular weight is 456 g/mol. The van der Waals surface area contributed by atoms with E-state index in [-0.39, 0.29) is 45.3 Å². The Labute approximate surface area is 184 Å². The maximum atomic E-state index is 10.7. The van der Waals surface area contributed by atoms with Gasteiger partial charge in [0.1, 0.15) is 0 Å². The Morgan fingerprint density at radius 3 is 1.21 bits per heavy atom. The van der Waals surface area contributed by atoms with Gasteiger partial charge in [0.05, 0.1) is 48.4 Å². The Morgan fingerprint density at radius 1 is 0.828 bits per heavy atom. The molecular weight excluding hydrogens is 408 g/mol. The third kappa shape index (κ3) is 58.4. The number of likely N-dealkylation sites (N-methyl/N-ethyl adjacent to an activating group) is 2. The average Bonchev–Trinajstić information content (AvgIpc) is 2.47. The molecule has 0 aromatic rings. The van der Waals surface area contributed by atoms with E-state index in [4.69, 9.17) is 20.1 Å². The molecule has 0 heterocycles. The van der Waals surface area contributed by atoms with Crippen LogP contribution in [0.25, 0.3) is 0 Å². The molecule has 0 aliphatic heterocycles. The summed E-state index contributed by atoms with van der Waals surface area (Å²) in [5.74, 6) is -1.71. The second-order valence-corrected chi connectivity index (χ2v) is 6.31. The van der Waals surface area contributed by atoms with Crippen molar-refractivity contribution >= 4 is 17.9 Å². The second-order valence-electron chi connectivity index (χ2n) is 6.31. The van der Waals surface area contributed by atoms with E-state index in [2.05, 4.69) is 4.74 Å². The van der Waals surface area contributed by atoms with Gasteiger partial charge in [-0.1, -0.05) is 14.9 Å². The van der Waals surface area contributed by atoms with E-state index in [1.807, 2.05) is 42.0 Å². The van der Waals surface area contributed by atoms with Crippen LogP contribution in [0, 0.1) is 0 Å². The summed E-state index contributed by atoms with van der Waals surface area (Å²) in [5, 5.41) is 22.8. The topological polar surface area (TPSA) is 153 Å². The number of aliphatic hydroxyl groups is 1. The van der Waals surface area contributed by atoms with E-state index in [0.29, 0.717) is 15.5 Å². The molecule has 11 heteroatoms. The SMILES string of the molecule is C.C.CC(=O)O.CC[N+](C)(C)CC(=O)O.CC[N+](C)(C)CC(=O)OC.CO.O.[Cl-]. The molecule has 29 heavy (non-hydrogen) atoms. The van der Waals surface area contributed by atoms with E-state index in [1.54, 1.807) is 0 Å². The van der Waals surface area contributed by atoms with Crippen LogP contribution in [0.4, 0.5) is 0 Å². The molecule has 0 saturated carbocycles. The minimum absolute atomic E-state index is 0. The molecule has 184 valence electrons. The van der Waals surface area contributed by atoms with Gasteiger partial charge in [-0.25, -0.2) is 9.59 Å². The van der Waals surface area contributed by atoms with Crippen LogP contribution in [0.2, 0.25) is 0 Å². The van der Waals surface area contributed by atoms with Crippen molar-refractivity contribution in [1.82, 2.24) is 0 Å². The molecule has 0 atom stereocenters. The third-order valence-electron chi connectivity index (χ3n) is 3.06. The lowest BCUT2D eigenvalue weighted by Gasteiger charge is -2.26. The van der Waals surface area contributed by atoms with Gasteiger partial charge in [0.2, 0.25) is 0 Å². The summed E-state index contributed by atoms with van der Waals surface area (Å²) in [6.07, 6.45) is 0. The van der Waals surface area contributed by atoms with Gasteiger partial charge < -0.3 is 46.9 Å². The number of aliphatic carboxylic acids is 2. The molecule has 0 aromatic carbocycles. The van der Waals surface area contributed by atoms with E-state index in [1.165, 1.54) is 7.11 Å². The number of halogens is 1. The molecule has 0 aliphatic rings. The molecule has 0 saturated heterocycles. The highest BCUT2D eigenvalue weighted by Crippen LogP contribution is 1.95. The van der Waals surface area contributed by atoms with E-state index in [9.17, 15) is 9.59 Å². The van der Waals surface area contributed by atoms with Gasteiger partial charge in [0.15, 0.2) is 13.1 Å². The van der Waals surface area contributed by atoms with E-state index >= 15 is 0 Å². The van der Waals surface area contributed by atoms with Crippen LogP contribution >= 0.6 is 0 Å². The fourth-order valence-corrected chi connectivity index (χ4v) is 1.00. The Kier molecular flexibility index (Phi) is 50.4. The van der Waals surface area contributed by atoms with Crippen molar-refractivity contribution in [2.75, 3.05) is 68.6 Å². The van der Waals surface area contributed by atoms with Gasteiger partial charge >= 0.3 is 11.9 Å². The highest BCUT2D eigenvalue weighted by atomic mass is 35.5. The first-order chi connectivity index (χ1) is 11.2. The molecule has 0 amide bonds. The Hall–Kier alpha value is -1.46. The molecular formula is C18H48ClN2O8+. The molecule has 0 radical (unpaired) electrons. The number of carboxylic acids is 2. The highest BCUT2D eigenvalue weighted by molar-refractivity contribution is 5.70. The number of ether oxygens (including phenoxy) is 1. The van der Waals surface area contributed by atoms with Crippen molar-refractivity contribution in [3.8, 4) is 0 Å². The molecule has 0 unspecified atom stereocenters. The van der Waals surface area contributed by atoms with Crippen molar-refractivity contribution in [3.63, 3.8) is 0 Å². The van der Waals surface area contributed by atoms with Gasteiger partial charge in [-0.2, -0.15) is 0 Å². The summed E-state index contributed by atoms with van der Waals surface area (Å²) in [6, 6.07) is 0. The summed E-state index contributed by atoms with van der Waals surface area (Å²) in [7, 11) is 10.2. The standard InChI is InChI=1S/C7H16NO2.C6H13NO2.C2H4O2.CH4O.2CH4.ClH.H2O/c1-5-8(2,3)6-7(9)10-4;1-4-7(2,3)5-6(8)9;1-2(3)4;1-2;;;;/h5-6H2,1-4H3;4-5H2,1-3H3;1H3,(H,3,4);2H,1H3;2*1H4;1H;1H2/q+1;;;;;;;. The lowest BCUT2D eigenvalue weighted by atomic mass is 10.4. The van der Waals surface area contributed by atoms with Crippen molar-refractivity contribution in [1.29, 1.82) is 0 Å². The minimum Gasteiger partial charge on any atom is -1.00 e.